The number of benzene rings is 1. The van der Waals surface area contributed by atoms with Gasteiger partial charge in [0.15, 0.2) is 0 Å². The maximum absolute atomic E-state index is 12.5. The van der Waals surface area contributed by atoms with Crippen LogP contribution >= 0.6 is 0 Å². The van der Waals surface area contributed by atoms with Crippen LogP contribution < -0.4 is 0 Å². The molecule has 2 unspecified atom stereocenters. The van der Waals surface area contributed by atoms with Crippen LogP contribution in [-0.4, -0.2) is 37.3 Å². The van der Waals surface area contributed by atoms with E-state index in [2.05, 4.69) is 29.2 Å². The van der Waals surface area contributed by atoms with Crippen LogP contribution in [-0.2, 0) is 11.2 Å². The van der Waals surface area contributed by atoms with E-state index in [0.29, 0.717) is 12.6 Å². The predicted octanol–water partition coefficient (Wildman–Crippen LogP) is 2.34. The first kappa shape index (κ1) is 11.2. The van der Waals surface area contributed by atoms with Gasteiger partial charge in [-0.2, -0.15) is 0 Å². The van der Waals surface area contributed by atoms with Crippen molar-refractivity contribution in [2.24, 2.45) is 0 Å². The first-order valence-electron chi connectivity index (χ1n) is 6.39. The standard InChI is InChI=1S/C14H18FNO/c15-7-8-16-9-10-17-14-12-4-2-1-3-11(12)5-6-13(14)16/h1-4,13-14H,5-10H2. The minimum atomic E-state index is -0.259. The van der Waals surface area contributed by atoms with Gasteiger partial charge in [0.1, 0.15) is 6.67 Å². The van der Waals surface area contributed by atoms with Crippen LogP contribution in [0.5, 0.6) is 0 Å². The van der Waals surface area contributed by atoms with E-state index in [9.17, 15) is 4.39 Å². The molecule has 1 saturated heterocycles. The van der Waals surface area contributed by atoms with Crippen molar-refractivity contribution in [3.05, 3.63) is 35.4 Å². The van der Waals surface area contributed by atoms with Gasteiger partial charge in [0.25, 0.3) is 0 Å². The molecule has 0 radical (unpaired) electrons. The molecule has 0 saturated carbocycles. The molecule has 2 atom stereocenters. The second-order valence-electron chi connectivity index (χ2n) is 4.82. The molecule has 2 nitrogen and oxygen atoms in total. The minimum Gasteiger partial charge on any atom is -0.371 e. The Balaban J connectivity index is 1.88. The molecule has 1 heterocycles. The summed E-state index contributed by atoms with van der Waals surface area (Å²) in [6.45, 7) is 1.88. The van der Waals surface area contributed by atoms with E-state index in [-0.39, 0.29) is 12.8 Å². The molecule has 0 N–H and O–H groups in total. The second-order valence-corrected chi connectivity index (χ2v) is 4.82. The molecule has 0 amide bonds. The summed E-state index contributed by atoms with van der Waals surface area (Å²) in [4.78, 5) is 2.25. The Labute approximate surface area is 101 Å². The van der Waals surface area contributed by atoms with E-state index >= 15 is 0 Å². The molecule has 1 aliphatic carbocycles. The van der Waals surface area contributed by atoms with Gasteiger partial charge in [-0.1, -0.05) is 24.3 Å². The third kappa shape index (κ3) is 1.98. The van der Waals surface area contributed by atoms with Crippen LogP contribution in [0.2, 0.25) is 0 Å². The summed E-state index contributed by atoms with van der Waals surface area (Å²) in [5.41, 5.74) is 2.71. The Morgan fingerprint density at radius 3 is 3.12 bits per heavy atom. The van der Waals surface area contributed by atoms with E-state index in [0.717, 1.165) is 26.0 Å². The highest BCUT2D eigenvalue weighted by atomic mass is 19.1. The number of ether oxygens (including phenoxy) is 1. The molecule has 0 spiro atoms. The zero-order chi connectivity index (χ0) is 11.7. The normalized spacial score (nSPS) is 28.5. The van der Waals surface area contributed by atoms with Gasteiger partial charge >= 0.3 is 0 Å². The van der Waals surface area contributed by atoms with Crippen molar-refractivity contribution in [3.8, 4) is 0 Å². The van der Waals surface area contributed by atoms with Gasteiger partial charge < -0.3 is 4.74 Å². The van der Waals surface area contributed by atoms with Crippen molar-refractivity contribution in [1.82, 2.24) is 4.90 Å². The summed E-state index contributed by atoms with van der Waals surface area (Å²) in [7, 11) is 0. The summed E-state index contributed by atoms with van der Waals surface area (Å²) >= 11 is 0. The molecule has 17 heavy (non-hydrogen) atoms. The Morgan fingerprint density at radius 1 is 1.35 bits per heavy atom. The number of hydrogen-bond donors (Lipinski definition) is 0. The van der Waals surface area contributed by atoms with Crippen molar-refractivity contribution < 1.29 is 9.13 Å². The van der Waals surface area contributed by atoms with Gasteiger partial charge in [0.05, 0.1) is 12.7 Å². The zero-order valence-electron chi connectivity index (χ0n) is 9.94. The minimum absolute atomic E-state index is 0.153. The highest BCUT2D eigenvalue weighted by molar-refractivity contribution is 5.33. The molecular formula is C14H18FNO. The Hall–Kier alpha value is -0.930. The van der Waals surface area contributed by atoms with Crippen molar-refractivity contribution >= 4 is 0 Å². The fraction of sp³-hybridized carbons (Fsp3) is 0.571. The molecule has 3 heteroatoms. The molecule has 1 fully saturated rings. The lowest BCUT2D eigenvalue weighted by atomic mass is 9.84. The molecule has 0 bridgehead atoms. The summed E-state index contributed by atoms with van der Waals surface area (Å²) in [6.07, 6.45) is 2.32. The lowest BCUT2D eigenvalue weighted by Gasteiger charge is -2.44. The molecular weight excluding hydrogens is 217 g/mol. The topological polar surface area (TPSA) is 12.5 Å². The summed E-state index contributed by atoms with van der Waals surface area (Å²) in [5.74, 6) is 0. The number of alkyl halides is 1. The van der Waals surface area contributed by atoms with Crippen molar-refractivity contribution in [2.45, 2.75) is 25.0 Å². The molecule has 1 aromatic carbocycles. The maximum Gasteiger partial charge on any atom is 0.102 e. The monoisotopic (exact) mass is 235 g/mol. The zero-order valence-corrected chi connectivity index (χ0v) is 9.94. The number of fused-ring (bicyclic) bond motifs is 3. The van der Waals surface area contributed by atoms with Crippen LogP contribution in [0.15, 0.2) is 24.3 Å². The largest absolute Gasteiger partial charge is 0.371 e. The quantitative estimate of drug-likeness (QED) is 0.780. The van der Waals surface area contributed by atoms with Crippen molar-refractivity contribution in [1.29, 1.82) is 0 Å². The maximum atomic E-state index is 12.5. The van der Waals surface area contributed by atoms with Gasteiger partial charge in [-0.15, -0.1) is 0 Å². The smallest absolute Gasteiger partial charge is 0.102 e. The van der Waals surface area contributed by atoms with E-state index in [1.807, 2.05) is 0 Å². The Bertz CT molecular complexity index is 394. The van der Waals surface area contributed by atoms with Gasteiger partial charge in [-0.05, 0) is 24.0 Å². The molecule has 3 rings (SSSR count). The average Bonchev–Trinajstić information content (AvgIpc) is 2.39. The van der Waals surface area contributed by atoms with Crippen LogP contribution in [0, 0.1) is 0 Å². The summed E-state index contributed by atoms with van der Waals surface area (Å²) < 4.78 is 18.5. The lowest BCUT2D eigenvalue weighted by Crippen LogP contribution is -2.49. The fourth-order valence-corrected chi connectivity index (χ4v) is 3.13. The highest BCUT2D eigenvalue weighted by Gasteiger charge is 2.36. The van der Waals surface area contributed by atoms with Crippen LogP contribution in [0.4, 0.5) is 4.39 Å². The third-order valence-electron chi connectivity index (χ3n) is 3.94. The van der Waals surface area contributed by atoms with Crippen LogP contribution in [0.1, 0.15) is 23.7 Å². The van der Waals surface area contributed by atoms with Gasteiger partial charge in [-0.25, -0.2) is 4.39 Å². The van der Waals surface area contributed by atoms with Gasteiger partial charge in [0, 0.05) is 19.1 Å². The molecule has 2 aliphatic rings. The molecule has 0 aromatic heterocycles. The Morgan fingerprint density at radius 2 is 2.24 bits per heavy atom. The summed E-state index contributed by atoms with van der Waals surface area (Å²) in [5, 5.41) is 0. The van der Waals surface area contributed by atoms with E-state index in [1.165, 1.54) is 11.1 Å². The van der Waals surface area contributed by atoms with E-state index < -0.39 is 0 Å². The first-order valence-corrected chi connectivity index (χ1v) is 6.39. The number of hydrogen-bond acceptors (Lipinski definition) is 2. The number of halogens is 1. The SMILES string of the molecule is FCCN1CCOC2c3ccccc3CCC21. The second kappa shape index (κ2) is 4.75. The average molecular weight is 235 g/mol. The van der Waals surface area contributed by atoms with Crippen LogP contribution in [0.3, 0.4) is 0 Å². The van der Waals surface area contributed by atoms with E-state index in [4.69, 9.17) is 4.74 Å². The van der Waals surface area contributed by atoms with E-state index in [1.54, 1.807) is 0 Å². The first-order chi connectivity index (χ1) is 8.40. The fourth-order valence-electron chi connectivity index (χ4n) is 3.13. The molecule has 92 valence electrons. The number of aryl methyl sites for hydroxylation is 1. The lowest BCUT2D eigenvalue weighted by molar-refractivity contribution is -0.0813. The molecule has 1 aromatic rings. The summed E-state index contributed by atoms with van der Waals surface area (Å²) in [6, 6.07) is 8.86. The van der Waals surface area contributed by atoms with Gasteiger partial charge in [0.2, 0.25) is 0 Å². The van der Waals surface area contributed by atoms with Crippen LogP contribution in [0.25, 0.3) is 0 Å². The van der Waals surface area contributed by atoms with Crippen molar-refractivity contribution in [3.63, 3.8) is 0 Å². The highest BCUT2D eigenvalue weighted by Crippen LogP contribution is 2.37. The number of nitrogens with zero attached hydrogens (tertiary/aromatic N) is 1. The molecule has 1 aliphatic heterocycles. The van der Waals surface area contributed by atoms with Gasteiger partial charge in [-0.3, -0.25) is 4.90 Å². The van der Waals surface area contributed by atoms with Crippen molar-refractivity contribution in [2.75, 3.05) is 26.4 Å². The third-order valence-corrected chi connectivity index (χ3v) is 3.94. The predicted molar refractivity (Wildman–Crippen MR) is 64.8 cm³/mol. The Kier molecular flexibility index (Phi) is 3.12. The number of rotatable bonds is 2. The number of morpholine rings is 1.